The van der Waals surface area contributed by atoms with E-state index in [0.29, 0.717) is 57.0 Å². The Morgan fingerprint density at radius 2 is 0.663 bits per heavy atom. The van der Waals surface area contributed by atoms with Gasteiger partial charge in [0, 0.05) is 96.4 Å². The molecule has 14 atom stereocenters. The van der Waals surface area contributed by atoms with Crippen LogP contribution in [0, 0.1) is 60.2 Å². The number of rotatable bonds is 49. The molecule has 1 aromatic carbocycles. The van der Waals surface area contributed by atoms with Crippen LogP contribution < -0.4 is 80.3 Å². The highest BCUT2D eigenvalue weighted by atomic mass is 16.4. The predicted molar refractivity (Wildman–Crippen MR) is 402 cm³/mol. The van der Waals surface area contributed by atoms with Gasteiger partial charge in [0.05, 0.1) is 53.9 Å². The van der Waals surface area contributed by atoms with E-state index < -0.39 is 83.7 Å². The first kappa shape index (κ1) is 106. The molecule has 1 rings (SSSR count). The number of carboxylic acid groups (broad SMARTS) is 5. The average Bonchev–Trinajstić information content (AvgIpc) is 0.903. The minimum absolute atomic E-state index is 0.00257. The normalized spacial score (nSPS) is 15.0. The number of benzene rings is 1. The number of ketones is 5. The second-order valence-electron chi connectivity index (χ2n) is 27.5. The molecule has 1 aromatic rings. The van der Waals surface area contributed by atoms with Crippen LogP contribution in [-0.4, -0.2) is 172 Å². The number of hydrogen-bond acceptors (Lipinski definition) is 24. The van der Waals surface area contributed by atoms with Gasteiger partial charge in [-0.1, -0.05) is 144 Å². The maximum Gasteiger partial charge on any atom is 0.307 e. The number of carboxylic acids is 5. The van der Waals surface area contributed by atoms with Gasteiger partial charge in [0.25, 0.3) is 0 Å². The zero-order chi connectivity index (χ0) is 79.5. The fourth-order valence-electron chi connectivity index (χ4n) is 9.30. The molecule has 33 N–H and O–H groups in total. The highest BCUT2D eigenvalue weighted by molar-refractivity contribution is 5.90. The lowest BCUT2D eigenvalue weighted by Crippen LogP contribution is -2.39. The Hall–Kier alpha value is -5.64. The van der Waals surface area contributed by atoms with Crippen LogP contribution in [0.3, 0.4) is 0 Å². The third-order valence-corrected chi connectivity index (χ3v) is 16.8. The molecule has 592 valence electrons. The quantitative estimate of drug-likeness (QED) is 0.0414. The van der Waals surface area contributed by atoms with Crippen molar-refractivity contribution in [1.82, 2.24) is 0 Å². The van der Waals surface area contributed by atoms with Crippen molar-refractivity contribution in [3.63, 3.8) is 0 Å². The molecule has 29 nitrogen and oxygen atoms in total. The zero-order valence-electron chi connectivity index (χ0n) is 63.5. The first-order valence-corrected chi connectivity index (χ1v) is 36.1. The van der Waals surface area contributed by atoms with E-state index in [4.69, 9.17) is 106 Å². The summed E-state index contributed by atoms with van der Waals surface area (Å²) in [6.45, 7) is 24.6. The van der Waals surface area contributed by atoms with Crippen molar-refractivity contribution in [3.8, 4) is 0 Å². The summed E-state index contributed by atoms with van der Waals surface area (Å²) >= 11 is 0. The van der Waals surface area contributed by atoms with Gasteiger partial charge >= 0.3 is 29.8 Å². The molecule has 0 fully saturated rings. The Kier molecular flexibility index (Phi) is 69.8. The second kappa shape index (κ2) is 66.3. The smallest absolute Gasteiger partial charge is 0.307 e. The molecule has 0 bridgehead atoms. The lowest BCUT2D eigenvalue weighted by Gasteiger charge is -2.17. The van der Waals surface area contributed by atoms with Crippen molar-refractivity contribution in [3.05, 3.63) is 35.4 Å². The Balaban J connectivity index is -0.000000262. The number of Topliss-reactive ketones (excluding diaryl/α,β-unsaturated/α-hetero) is 5. The second-order valence-corrected chi connectivity index (χ2v) is 27.5. The highest BCUT2D eigenvalue weighted by Crippen LogP contribution is 2.20. The zero-order valence-corrected chi connectivity index (χ0v) is 63.5. The summed E-state index contributed by atoms with van der Waals surface area (Å²) in [7, 11) is 0. The van der Waals surface area contributed by atoms with E-state index >= 15 is 0 Å². The van der Waals surface area contributed by atoms with E-state index in [2.05, 4.69) is 41.5 Å². The van der Waals surface area contributed by atoms with Crippen molar-refractivity contribution in [1.29, 1.82) is 0 Å². The Morgan fingerprint density at radius 1 is 0.356 bits per heavy atom. The average molecular weight is 1450 g/mol. The van der Waals surface area contributed by atoms with E-state index in [0.717, 1.165) is 93.6 Å². The lowest BCUT2D eigenvalue weighted by atomic mass is 9.92. The van der Waals surface area contributed by atoms with Gasteiger partial charge in [0.2, 0.25) is 0 Å². The van der Waals surface area contributed by atoms with E-state index in [1.807, 2.05) is 58.9 Å². The third kappa shape index (κ3) is 62.6. The topological polar surface area (TPSA) is 636 Å². The lowest BCUT2D eigenvalue weighted by molar-refractivity contribution is -0.144. The van der Waals surface area contributed by atoms with Gasteiger partial charge in [-0.3, -0.25) is 47.9 Å². The number of aliphatic carboxylic acids is 5. The molecule has 0 aromatic heterocycles. The molecule has 0 saturated heterocycles. The van der Waals surface area contributed by atoms with Crippen molar-refractivity contribution in [2.45, 2.75) is 260 Å². The maximum atomic E-state index is 11.7. The summed E-state index contributed by atoms with van der Waals surface area (Å²) < 4.78 is 0. The predicted octanol–water partition coefficient (Wildman–Crippen LogP) is 3.66. The molecule has 0 saturated carbocycles. The summed E-state index contributed by atoms with van der Waals surface area (Å²) in [5.41, 5.74) is 77.7. The molecule has 0 aliphatic rings. The molecular formula is C72H144N14O15. The van der Waals surface area contributed by atoms with Gasteiger partial charge < -0.3 is 106 Å². The largest absolute Gasteiger partial charge is 0.481 e. The molecule has 101 heavy (non-hydrogen) atoms. The number of carbonyl (C=O) groups is 10. The van der Waals surface area contributed by atoms with Gasteiger partial charge in [-0.05, 0) is 99.9 Å². The molecule has 0 unspecified atom stereocenters. The van der Waals surface area contributed by atoms with Crippen molar-refractivity contribution in [2.24, 2.45) is 134 Å². The van der Waals surface area contributed by atoms with Crippen LogP contribution >= 0.6 is 0 Å². The van der Waals surface area contributed by atoms with Crippen molar-refractivity contribution in [2.75, 3.05) is 45.8 Å². The van der Waals surface area contributed by atoms with Gasteiger partial charge in [0.1, 0.15) is 0 Å². The van der Waals surface area contributed by atoms with Crippen LogP contribution in [0.4, 0.5) is 0 Å². The minimum atomic E-state index is -0.988. The van der Waals surface area contributed by atoms with Crippen LogP contribution in [0.25, 0.3) is 0 Å². The molecule has 0 aliphatic heterocycles. The summed E-state index contributed by atoms with van der Waals surface area (Å²) in [5, 5.41) is 44.3. The number of carbonyl (C=O) groups excluding carboxylic acids is 5. The minimum Gasteiger partial charge on any atom is -0.481 e. The fraction of sp³-hybridized carbons (Fsp3) is 0.778. The highest BCUT2D eigenvalue weighted by Gasteiger charge is 2.27. The molecule has 29 heteroatoms. The Labute approximate surface area is 604 Å². The fourth-order valence-corrected chi connectivity index (χ4v) is 9.30. The van der Waals surface area contributed by atoms with Crippen molar-refractivity contribution < 1.29 is 73.5 Å². The molecule has 0 amide bonds. The molecule has 0 radical (unpaired) electrons. The Morgan fingerprint density at radius 3 is 0.941 bits per heavy atom. The molecule has 0 heterocycles. The van der Waals surface area contributed by atoms with Gasteiger partial charge in [-0.2, -0.15) is 0 Å². The van der Waals surface area contributed by atoms with Gasteiger partial charge in [-0.15, -0.1) is 0 Å². The standard InChI is InChI=1S/C14H20N2O3.C11H22N2O3.2C10H20N2O3.C10H22N2O.C9H22N2.C8H18N2O2/c1-9-2-4-10(5-3-9)6-11(14(18)19)7-13(17)12(16)8-15;1-2-3-4-5-8(11(15)16)6-10(14)9(13)7-12;2*1-2-3-4-7(10(14)15)5-9(13)8(12)6-11;1-7(2)4-8(3)5-10(13)9(12)6-11;1-7(2)8(3)4-5-9(11)6-10;1-6(4-8(11)12)2-3-7(10)5-9/h2-5,11-12H,6-8,15-16H2,1H3,(H,18,19);8-9H,2-7,12-13H2,1H3,(H,15,16);2*7-8H,2-6,11-12H2,1H3,(H,14,15);7-9H,4-6,11-12H2,1-3H3;7-9H,4-6,10-11H2,1-3H3;6-7H,2-5,9-10H2,1H3,(H,11,12)/t11-,12-;8-,9-;2*7-,8-;8-,9-;8-,9+;6-,7+/m1111100/s1. The van der Waals surface area contributed by atoms with Crippen LogP contribution in [0.5, 0.6) is 0 Å². The number of unbranched alkanes of at least 4 members (excludes halogenated alkanes) is 4. The summed E-state index contributed by atoms with van der Waals surface area (Å²) in [4.78, 5) is 111. The number of aryl methyl sites for hydroxylation is 1. The summed E-state index contributed by atoms with van der Waals surface area (Å²) in [5.74, 6) is -5.33. The SMILES string of the molecule is CC(C)C[C@@H](C)CC(=O)[C@H](N)CN.CC(C)[C@@H](C)CC[C@@H](N)CN.CCCCC[C@H](CC(=O)[C@H](N)CN)C(=O)O.CCCC[C@H](CC(=O)[C@H](N)CN)C(=O)O.CCCC[C@H](CC(=O)[C@H](N)CN)C(=O)O.C[C@@H](CC[C@@H](N)CN)CC(=O)O.Cc1ccc(C[C@H](CC(=O)[C@H](N)CN)C(=O)O)cc1. The molecule has 0 aliphatic carbocycles. The van der Waals surface area contributed by atoms with Gasteiger partial charge in [0.15, 0.2) is 28.9 Å². The van der Waals surface area contributed by atoms with Crippen LogP contribution in [0.2, 0.25) is 0 Å². The Bertz CT molecular complexity index is 2310. The maximum absolute atomic E-state index is 11.7. The van der Waals surface area contributed by atoms with Crippen molar-refractivity contribution >= 4 is 58.8 Å². The molecular weight excluding hydrogens is 1300 g/mol. The third-order valence-electron chi connectivity index (χ3n) is 16.8. The van der Waals surface area contributed by atoms with Crippen LogP contribution in [0.1, 0.15) is 215 Å². The van der Waals surface area contributed by atoms with Crippen LogP contribution in [-0.2, 0) is 54.4 Å². The summed E-state index contributed by atoms with van der Waals surface area (Å²) in [6.07, 6.45) is 13.9. The molecule has 0 spiro atoms. The van der Waals surface area contributed by atoms with Gasteiger partial charge in [-0.25, -0.2) is 0 Å². The van der Waals surface area contributed by atoms with E-state index in [1.165, 1.54) is 6.42 Å². The number of nitrogens with two attached hydrogens (primary N) is 14. The first-order chi connectivity index (χ1) is 47.1. The van der Waals surface area contributed by atoms with E-state index in [-0.39, 0.29) is 112 Å². The van der Waals surface area contributed by atoms with E-state index in [1.54, 1.807) is 0 Å². The summed E-state index contributed by atoms with van der Waals surface area (Å²) in [6, 6.07) is 4.38. The van der Waals surface area contributed by atoms with E-state index in [9.17, 15) is 47.9 Å². The number of hydrogen-bond donors (Lipinski definition) is 19. The van der Waals surface area contributed by atoms with Crippen LogP contribution in [0.15, 0.2) is 24.3 Å². The monoisotopic (exact) mass is 1450 g/mol. The first-order valence-electron chi connectivity index (χ1n) is 36.1.